The first-order valence-corrected chi connectivity index (χ1v) is 10.5. The molecular weight excluding hydrogens is 461 g/mol. The zero-order valence-electron chi connectivity index (χ0n) is 15.7. The summed E-state index contributed by atoms with van der Waals surface area (Å²) in [5, 5.41) is 11.2. The number of carbonyl (C=O) groups is 2. The molecule has 0 radical (unpaired) electrons. The van der Waals surface area contributed by atoms with Crippen LogP contribution in [0.5, 0.6) is 0 Å². The highest BCUT2D eigenvalue weighted by Gasteiger charge is 2.35. The number of halogens is 2. The molecule has 2 aromatic carbocycles. The molecule has 156 valence electrons. The fraction of sp³-hybridized carbons (Fsp3) is 0.0476. The summed E-state index contributed by atoms with van der Waals surface area (Å²) < 4.78 is 1.77. The van der Waals surface area contributed by atoms with Crippen molar-refractivity contribution in [2.75, 3.05) is 0 Å². The van der Waals surface area contributed by atoms with Crippen LogP contribution in [0.2, 0.25) is 10.0 Å². The lowest BCUT2D eigenvalue weighted by Crippen LogP contribution is -2.27. The Balaban J connectivity index is 1.58. The third-order valence-electron chi connectivity index (χ3n) is 4.60. The summed E-state index contributed by atoms with van der Waals surface area (Å²) in [4.78, 5) is 37.1. The maximum atomic E-state index is 12.8. The van der Waals surface area contributed by atoms with Gasteiger partial charge in [-0.15, -0.1) is 0 Å². The van der Waals surface area contributed by atoms with Crippen LogP contribution in [0.1, 0.15) is 11.3 Å². The smallest absolute Gasteiger partial charge is 0.293 e. The van der Waals surface area contributed by atoms with Gasteiger partial charge >= 0.3 is 0 Å². The molecule has 1 saturated heterocycles. The summed E-state index contributed by atoms with van der Waals surface area (Å²) in [5.41, 5.74) is 2.03. The number of nitro groups is 1. The van der Waals surface area contributed by atoms with Gasteiger partial charge in [0.05, 0.1) is 26.4 Å². The van der Waals surface area contributed by atoms with Gasteiger partial charge in [-0.05, 0) is 59.8 Å². The van der Waals surface area contributed by atoms with Crippen LogP contribution >= 0.6 is 35.0 Å². The molecule has 0 saturated carbocycles. The Hall–Kier alpha value is -3.07. The van der Waals surface area contributed by atoms with Gasteiger partial charge in [0.2, 0.25) is 0 Å². The number of hydrogen-bond acceptors (Lipinski definition) is 5. The number of amides is 2. The quantitative estimate of drug-likeness (QED) is 0.260. The van der Waals surface area contributed by atoms with Gasteiger partial charge in [0.25, 0.3) is 16.8 Å². The number of aromatic nitrogens is 1. The predicted molar refractivity (Wildman–Crippen MR) is 120 cm³/mol. The fourth-order valence-corrected chi connectivity index (χ4v) is 4.22. The van der Waals surface area contributed by atoms with Crippen molar-refractivity contribution in [3.63, 3.8) is 0 Å². The summed E-state index contributed by atoms with van der Waals surface area (Å²) in [5.74, 6) is -0.405. The third-order valence-corrected chi connectivity index (χ3v) is 6.24. The Kier molecular flexibility index (Phi) is 5.86. The molecule has 1 fully saturated rings. The first-order valence-electron chi connectivity index (χ1n) is 8.95. The number of thioether (sulfide) groups is 1. The molecule has 1 aliphatic rings. The molecule has 0 N–H and O–H groups in total. The summed E-state index contributed by atoms with van der Waals surface area (Å²) in [6.07, 6.45) is 3.40. The Bertz CT molecular complexity index is 1240. The van der Waals surface area contributed by atoms with Crippen LogP contribution in [0.3, 0.4) is 0 Å². The van der Waals surface area contributed by atoms with Crippen molar-refractivity contribution >= 4 is 57.9 Å². The Labute approximate surface area is 191 Å². The zero-order valence-corrected chi connectivity index (χ0v) is 18.0. The van der Waals surface area contributed by atoms with E-state index in [1.165, 1.54) is 12.1 Å². The minimum absolute atomic E-state index is 0.0131. The number of imide groups is 1. The van der Waals surface area contributed by atoms with Crippen molar-refractivity contribution in [2.45, 2.75) is 6.54 Å². The molecule has 2 amide bonds. The van der Waals surface area contributed by atoms with Crippen molar-refractivity contribution in [3.05, 3.63) is 97.1 Å². The van der Waals surface area contributed by atoms with E-state index in [0.29, 0.717) is 27.0 Å². The summed E-state index contributed by atoms with van der Waals surface area (Å²) in [6.45, 7) is 0.0856. The zero-order chi connectivity index (χ0) is 22.1. The number of benzene rings is 2. The molecule has 31 heavy (non-hydrogen) atoms. The summed E-state index contributed by atoms with van der Waals surface area (Å²) in [6, 6.07) is 14.6. The van der Waals surface area contributed by atoms with E-state index in [2.05, 4.69) is 0 Å². The molecule has 0 bridgehead atoms. The SMILES string of the molecule is O=C1S/C(=C\c2cccn2-c2ccc([N+](=O)[O-])cc2)C(=O)N1Cc1ccc(Cl)c(Cl)c1. The van der Waals surface area contributed by atoms with Gasteiger partial charge in [0.15, 0.2) is 0 Å². The first kappa shape index (κ1) is 21.2. The van der Waals surface area contributed by atoms with Crippen molar-refractivity contribution < 1.29 is 14.5 Å². The van der Waals surface area contributed by atoms with Crippen LogP contribution < -0.4 is 0 Å². The Morgan fingerprint density at radius 1 is 1.03 bits per heavy atom. The molecule has 4 rings (SSSR count). The Morgan fingerprint density at radius 3 is 2.45 bits per heavy atom. The Morgan fingerprint density at radius 2 is 1.77 bits per heavy atom. The number of nitrogens with zero attached hydrogens (tertiary/aromatic N) is 3. The maximum absolute atomic E-state index is 12.8. The normalized spacial score (nSPS) is 15.2. The second-order valence-corrected chi connectivity index (χ2v) is 8.40. The second kappa shape index (κ2) is 8.58. The lowest BCUT2D eigenvalue weighted by atomic mass is 10.2. The maximum Gasteiger partial charge on any atom is 0.293 e. The molecule has 1 aliphatic heterocycles. The lowest BCUT2D eigenvalue weighted by Gasteiger charge is -2.13. The van der Waals surface area contributed by atoms with E-state index in [0.717, 1.165) is 16.7 Å². The highest BCUT2D eigenvalue weighted by Crippen LogP contribution is 2.34. The molecule has 3 aromatic rings. The highest BCUT2D eigenvalue weighted by atomic mass is 35.5. The van der Waals surface area contributed by atoms with Crippen LogP contribution in [0.25, 0.3) is 11.8 Å². The molecule has 1 aromatic heterocycles. The van der Waals surface area contributed by atoms with Gasteiger partial charge in [0, 0.05) is 29.7 Å². The minimum atomic E-state index is -0.468. The van der Waals surface area contributed by atoms with Crippen LogP contribution in [0, 0.1) is 10.1 Å². The molecule has 7 nitrogen and oxygen atoms in total. The standard InChI is InChI=1S/C21H13Cl2N3O4S/c22-17-8-3-13(10-18(17)23)12-25-20(27)19(31-21(25)28)11-16-2-1-9-24(16)14-4-6-15(7-5-14)26(29)30/h1-11H,12H2/b19-11-. The fourth-order valence-electron chi connectivity index (χ4n) is 3.07. The van der Waals surface area contributed by atoms with Gasteiger partial charge in [0.1, 0.15) is 0 Å². The average molecular weight is 474 g/mol. The van der Waals surface area contributed by atoms with Crippen molar-refractivity contribution in [1.82, 2.24) is 9.47 Å². The van der Waals surface area contributed by atoms with E-state index in [-0.39, 0.29) is 22.4 Å². The van der Waals surface area contributed by atoms with Gasteiger partial charge in [-0.25, -0.2) is 0 Å². The highest BCUT2D eigenvalue weighted by molar-refractivity contribution is 8.18. The van der Waals surface area contributed by atoms with Crippen molar-refractivity contribution in [1.29, 1.82) is 0 Å². The number of hydrogen-bond donors (Lipinski definition) is 0. The monoisotopic (exact) mass is 473 g/mol. The number of rotatable bonds is 5. The molecule has 0 aliphatic carbocycles. The van der Waals surface area contributed by atoms with Crippen LogP contribution in [0.4, 0.5) is 10.5 Å². The van der Waals surface area contributed by atoms with E-state index in [1.54, 1.807) is 59.3 Å². The summed E-state index contributed by atoms with van der Waals surface area (Å²) >= 11 is 12.8. The van der Waals surface area contributed by atoms with E-state index < -0.39 is 10.8 Å². The molecule has 10 heteroatoms. The number of carbonyl (C=O) groups excluding carboxylic acids is 2. The molecule has 2 heterocycles. The van der Waals surface area contributed by atoms with Crippen molar-refractivity contribution in [2.24, 2.45) is 0 Å². The molecular formula is C21H13Cl2N3O4S. The van der Waals surface area contributed by atoms with E-state index >= 15 is 0 Å². The first-order chi connectivity index (χ1) is 14.8. The second-order valence-electron chi connectivity index (χ2n) is 6.59. The molecule has 0 unspecified atom stereocenters. The predicted octanol–water partition coefficient (Wildman–Crippen LogP) is 5.93. The van der Waals surface area contributed by atoms with Crippen LogP contribution in [-0.4, -0.2) is 25.5 Å². The minimum Gasteiger partial charge on any atom is -0.317 e. The van der Waals surface area contributed by atoms with Gasteiger partial charge < -0.3 is 4.57 Å². The molecule has 0 spiro atoms. The van der Waals surface area contributed by atoms with Crippen LogP contribution in [-0.2, 0) is 11.3 Å². The van der Waals surface area contributed by atoms with Crippen LogP contribution in [0.15, 0.2) is 65.7 Å². The average Bonchev–Trinajstić information content (AvgIpc) is 3.31. The lowest BCUT2D eigenvalue weighted by molar-refractivity contribution is -0.384. The van der Waals surface area contributed by atoms with E-state index in [9.17, 15) is 19.7 Å². The van der Waals surface area contributed by atoms with E-state index in [1.807, 2.05) is 0 Å². The topological polar surface area (TPSA) is 85.5 Å². The van der Waals surface area contributed by atoms with E-state index in [4.69, 9.17) is 23.2 Å². The van der Waals surface area contributed by atoms with Gasteiger partial charge in [-0.3, -0.25) is 24.6 Å². The number of non-ortho nitro benzene ring substituents is 1. The number of nitro benzene ring substituents is 1. The van der Waals surface area contributed by atoms with Crippen molar-refractivity contribution in [3.8, 4) is 5.69 Å². The molecule has 0 atom stereocenters. The van der Waals surface area contributed by atoms with Gasteiger partial charge in [-0.2, -0.15) is 0 Å². The largest absolute Gasteiger partial charge is 0.317 e. The summed E-state index contributed by atoms with van der Waals surface area (Å²) in [7, 11) is 0. The van der Waals surface area contributed by atoms with Gasteiger partial charge in [-0.1, -0.05) is 29.3 Å². The third kappa shape index (κ3) is 4.36.